The monoisotopic (exact) mass is 594 g/mol. The van der Waals surface area contributed by atoms with Gasteiger partial charge in [-0.25, -0.2) is 0 Å². The van der Waals surface area contributed by atoms with Crippen LogP contribution in [0, 0.1) is 0 Å². The lowest BCUT2D eigenvalue weighted by atomic mass is 9.97. The van der Waals surface area contributed by atoms with Crippen molar-refractivity contribution in [2.45, 2.75) is 76.8 Å². The highest BCUT2D eigenvalue weighted by molar-refractivity contribution is 5.89. The lowest BCUT2D eigenvalue weighted by Gasteiger charge is -2.15. The molecule has 10 heteroatoms. The minimum Gasteiger partial charge on any atom is -0.481 e. The van der Waals surface area contributed by atoms with Crippen LogP contribution >= 0.6 is 0 Å². The molecular weight excluding hydrogens is 548 g/mol. The lowest BCUT2D eigenvalue weighted by molar-refractivity contribution is -0.139. The summed E-state index contributed by atoms with van der Waals surface area (Å²) in [6.45, 7) is 2.04. The number of nitrogens with two attached hydrogens (primary N) is 3. The first-order valence-corrected chi connectivity index (χ1v) is 14.5. The summed E-state index contributed by atoms with van der Waals surface area (Å²) in [5.74, 6) is -1.84. The Bertz CT molecular complexity index is 1260. The topological polar surface area (TPSA) is 199 Å². The van der Waals surface area contributed by atoms with Crippen molar-refractivity contribution in [2.75, 3.05) is 11.9 Å². The summed E-state index contributed by atoms with van der Waals surface area (Å²) in [5.41, 5.74) is 18.2. The van der Waals surface area contributed by atoms with Crippen molar-refractivity contribution in [1.29, 1.82) is 0 Å². The Labute approximate surface area is 253 Å². The molecule has 1 aliphatic rings. The molecule has 9 N–H and O–H groups in total. The molecule has 1 atom stereocenters. The van der Waals surface area contributed by atoms with Gasteiger partial charge in [-0.15, -0.1) is 0 Å². The first kappa shape index (κ1) is 36.9. The molecule has 1 fully saturated rings. The molecule has 1 saturated carbocycles. The fourth-order valence-electron chi connectivity index (χ4n) is 4.14. The zero-order valence-corrected chi connectivity index (χ0v) is 24.9. The maximum atomic E-state index is 10.6. The molecule has 4 rings (SSSR count). The van der Waals surface area contributed by atoms with Crippen LogP contribution in [0.5, 0.6) is 0 Å². The molecule has 234 valence electrons. The molecule has 10 nitrogen and oxygen atoms in total. The number of nitrogens with one attached hydrogen (secondary N) is 1. The number of hydrogen-bond acceptors (Lipinski definition) is 7. The Morgan fingerprint density at radius 3 is 2.05 bits per heavy atom. The van der Waals surface area contributed by atoms with Crippen LogP contribution in [-0.2, 0) is 20.8 Å². The number of unbranched alkanes of at least 4 members (excludes halogenated alkanes) is 1. The van der Waals surface area contributed by atoms with Crippen molar-refractivity contribution in [1.82, 2.24) is 0 Å². The van der Waals surface area contributed by atoms with Gasteiger partial charge in [0.15, 0.2) is 0 Å². The molecule has 3 aromatic carbocycles. The summed E-state index contributed by atoms with van der Waals surface area (Å²) < 4.78 is 0. The number of anilines is 1. The van der Waals surface area contributed by atoms with E-state index in [0.717, 1.165) is 35.5 Å². The van der Waals surface area contributed by atoms with Crippen molar-refractivity contribution in [3.63, 3.8) is 0 Å². The molecule has 43 heavy (non-hydrogen) atoms. The second-order valence-corrected chi connectivity index (χ2v) is 10.3. The van der Waals surface area contributed by atoms with E-state index in [4.69, 9.17) is 27.4 Å². The number of carbonyl (C=O) groups excluding carboxylic acids is 2. The van der Waals surface area contributed by atoms with Gasteiger partial charge in [-0.05, 0) is 72.8 Å². The van der Waals surface area contributed by atoms with E-state index < -0.39 is 18.0 Å². The third kappa shape index (κ3) is 17.4. The Morgan fingerprint density at radius 2 is 1.56 bits per heavy atom. The number of benzene rings is 3. The number of amides is 1. The molecule has 3 aromatic rings. The van der Waals surface area contributed by atoms with Gasteiger partial charge in [-0.2, -0.15) is 0 Å². The molecule has 1 unspecified atom stereocenters. The Morgan fingerprint density at radius 1 is 0.930 bits per heavy atom. The molecule has 0 aliphatic heterocycles. The molecule has 0 heterocycles. The summed E-state index contributed by atoms with van der Waals surface area (Å²) in [5, 5.41) is 21.8. The van der Waals surface area contributed by atoms with Gasteiger partial charge < -0.3 is 32.7 Å². The van der Waals surface area contributed by atoms with Crippen molar-refractivity contribution >= 4 is 40.6 Å². The summed E-state index contributed by atoms with van der Waals surface area (Å²) in [6, 6.07) is 20.1. The van der Waals surface area contributed by atoms with E-state index in [1.807, 2.05) is 42.5 Å². The second kappa shape index (κ2) is 21.6. The van der Waals surface area contributed by atoms with Crippen LogP contribution in [0.2, 0.25) is 0 Å². The number of carboxylic acid groups (broad SMARTS) is 2. The van der Waals surface area contributed by atoms with Crippen molar-refractivity contribution < 1.29 is 29.4 Å². The predicted octanol–water partition coefficient (Wildman–Crippen LogP) is 4.73. The van der Waals surface area contributed by atoms with Gasteiger partial charge in [0.2, 0.25) is 5.91 Å². The number of carboxylic acids is 2. The van der Waals surface area contributed by atoms with Crippen LogP contribution in [0.3, 0.4) is 0 Å². The average molecular weight is 595 g/mol. The van der Waals surface area contributed by atoms with Gasteiger partial charge in [0.05, 0.1) is 6.42 Å². The molecular formula is C33H46N4O6. The number of aldehydes is 1. The number of fused-ring (bicyclic) bond motifs is 1. The number of rotatable bonds is 9. The first-order valence-electron chi connectivity index (χ1n) is 14.5. The molecule has 0 radical (unpaired) electrons. The van der Waals surface area contributed by atoms with E-state index in [1.165, 1.54) is 39.0 Å². The number of hydrogen-bond donors (Lipinski definition) is 6. The third-order valence-corrected chi connectivity index (χ3v) is 6.47. The van der Waals surface area contributed by atoms with E-state index in [-0.39, 0.29) is 12.3 Å². The highest BCUT2D eigenvalue weighted by atomic mass is 16.4. The molecule has 0 aromatic heterocycles. The summed E-state index contributed by atoms with van der Waals surface area (Å²) in [6.07, 6.45) is 9.68. The quantitative estimate of drug-likeness (QED) is 0.150. The highest BCUT2D eigenvalue weighted by Crippen LogP contribution is 2.16. The van der Waals surface area contributed by atoms with Gasteiger partial charge >= 0.3 is 11.9 Å². The zero-order valence-electron chi connectivity index (χ0n) is 24.9. The van der Waals surface area contributed by atoms with E-state index in [1.54, 1.807) is 24.3 Å². The highest BCUT2D eigenvalue weighted by Gasteiger charge is 2.09. The largest absolute Gasteiger partial charge is 0.481 e. The van der Waals surface area contributed by atoms with E-state index in [2.05, 4.69) is 5.32 Å². The fraction of sp³-hybridized carbons (Fsp3) is 0.394. The Balaban J connectivity index is 0.000000295. The maximum absolute atomic E-state index is 10.6. The van der Waals surface area contributed by atoms with Crippen LogP contribution in [0.4, 0.5) is 5.69 Å². The van der Waals surface area contributed by atoms with Crippen LogP contribution in [0.25, 0.3) is 10.8 Å². The predicted molar refractivity (Wildman–Crippen MR) is 171 cm³/mol. The van der Waals surface area contributed by atoms with E-state index in [9.17, 15) is 19.2 Å². The maximum Gasteiger partial charge on any atom is 0.320 e. The van der Waals surface area contributed by atoms with Gasteiger partial charge in [-0.1, -0.05) is 68.1 Å². The fourth-order valence-corrected chi connectivity index (χ4v) is 4.14. The molecule has 0 saturated heterocycles. The van der Waals surface area contributed by atoms with E-state index in [0.29, 0.717) is 30.3 Å². The molecule has 0 bridgehead atoms. The smallest absolute Gasteiger partial charge is 0.320 e. The Hall–Kier alpha value is -4.12. The van der Waals surface area contributed by atoms with Gasteiger partial charge in [0.1, 0.15) is 12.3 Å². The first-order chi connectivity index (χ1) is 20.5. The minimum absolute atomic E-state index is 0.0881. The van der Waals surface area contributed by atoms with Gasteiger partial charge in [0, 0.05) is 24.2 Å². The molecule has 1 amide bonds. The third-order valence-electron chi connectivity index (χ3n) is 6.47. The summed E-state index contributed by atoms with van der Waals surface area (Å²) in [4.78, 5) is 41.5. The molecule has 0 spiro atoms. The SMILES string of the molecule is CC(=O)Nc1ccc(C=O)cc1.NC1CCCCC1.NCCCCC(N)C(=O)O.O=C(O)Cc1ccc2ccccc2c1. The van der Waals surface area contributed by atoms with Gasteiger partial charge in [0.25, 0.3) is 0 Å². The normalized spacial score (nSPS) is 13.0. The van der Waals surface area contributed by atoms with Crippen molar-refractivity contribution in [3.8, 4) is 0 Å². The van der Waals surface area contributed by atoms with Crippen molar-refractivity contribution in [3.05, 3.63) is 77.9 Å². The Kier molecular flexibility index (Phi) is 18.5. The van der Waals surface area contributed by atoms with Gasteiger partial charge in [-0.3, -0.25) is 19.2 Å². The minimum atomic E-state index is -0.933. The van der Waals surface area contributed by atoms with Crippen LogP contribution in [0.1, 0.15) is 74.2 Å². The lowest BCUT2D eigenvalue weighted by Crippen LogP contribution is -2.29. The summed E-state index contributed by atoms with van der Waals surface area (Å²) in [7, 11) is 0. The van der Waals surface area contributed by atoms with Crippen LogP contribution < -0.4 is 22.5 Å². The molecule has 1 aliphatic carbocycles. The summed E-state index contributed by atoms with van der Waals surface area (Å²) >= 11 is 0. The van der Waals surface area contributed by atoms with Crippen LogP contribution in [-0.4, -0.2) is 53.0 Å². The number of aliphatic carboxylic acids is 2. The average Bonchev–Trinajstić information content (AvgIpc) is 2.98. The van der Waals surface area contributed by atoms with E-state index >= 15 is 0 Å². The standard InChI is InChI=1S/C12H10O2.C9H9NO2.C6H14N2O2.C6H13N/c13-12(14)8-9-5-6-10-3-1-2-4-11(10)7-9;1-7(12)10-9-4-2-8(6-11)3-5-9;7-4-2-1-3-5(8)6(9)10;7-6-4-2-1-3-5-6/h1-7H,8H2,(H,13,14);2-6H,1H3,(H,10,12);5H,1-4,7-8H2,(H,9,10);6H,1-5,7H2. The van der Waals surface area contributed by atoms with Crippen LogP contribution in [0.15, 0.2) is 66.7 Å². The van der Waals surface area contributed by atoms with Crippen molar-refractivity contribution in [2.24, 2.45) is 17.2 Å². The number of carbonyl (C=O) groups is 4. The zero-order chi connectivity index (χ0) is 32.0. The second-order valence-electron chi connectivity index (χ2n) is 10.3.